The Morgan fingerprint density at radius 2 is 1.80 bits per heavy atom. The van der Waals surface area contributed by atoms with E-state index in [4.69, 9.17) is 14.5 Å². The molecule has 2 aromatic carbocycles. The zero-order valence-corrected chi connectivity index (χ0v) is 17.0. The number of ether oxygens (including phenoxy) is 2. The molecule has 152 valence electrons. The first-order valence-corrected chi connectivity index (χ1v) is 10.8. The van der Waals surface area contributed by atoms with Gasteiger partial charge in [-0.05, 0) is 65.9 Å². The van der Waals surface area contributed by atoms with E-state index in [9.17, 15) is 0 Å². The lowest BCUT2D eigenvalue weighted by atomic mass is 10.1. The van der Waals surface area contributed by atoms with Crippen LogP contribution in [0, 0.1) is 0 Å². The minimum atomic E-state index is 0.428. The molecule has 5 nitrogen and oxygen atoms in total. The number of rotatable bonds is 5. The Labute approximate surface area is 176 Å². The van der Waals surface area contributed by atoms with Crippen LogP contribution in [0.25, 0.3) is 5.57 Å². The smallest absolute Gasteiger partial charge is 0.127 e. The van der Waals surface area contributed by atoms with E-state index in [1.165, 1.54) is 35.3 Å². The van der Waals surface area contributed by atoms with Crippen LogP contribution in [0.3, 0.4) is 0 Å². The molecule has 2 saturated heterocycles. The molecule has 0 N–H and O–H groups in total. The molecule has 0 spiro atoms. The molecule has 0 unspecified atom stereocenters. The standard InChI is InChI=1S/C25H25N3O2/c1-3-21(4-2-17(1)18-9-10-26-13-18)29-22-7-8-25-19(12-22)11-20(27-25)14-28-15-23-5-6-24(16-28)30-23/h1-4,7-10,12,23-24H,5-6,11,13-16H2/t23-,24-/m0/s1. The summed E-state index contributed by atoms with van der Waals surface area (Å²) in [5.74, 6) is 1.71. The molecule has 30 heavy (non-hydrogen) atoms. The Morgan fingerprint density at radius 3 is 2.57 bits per heavy atom. The summed E-state index contributed by atoms with van der Waals surface area (Å²) in [5, 5.41) is 0. The summed E-state index contributed by atoms with van der Waals surface area (Å²) >= 11 is 0. The topological polar surface area (TPSA) is 46.4 Å². The highest BCUT2D eigenvalue weighted by atomic mass is 16.5. The van der Waals surface area contributed by atoms with Crippen molar-refractivity contribution in [2.45, 2.75) is 31.5 Å². The van der Waals surface area contributed by atoms with Crippen molar-refractivity contribution >= 4 is 23.2 Å². The first kappa shape index (κ1) is 18.0. The minimum absolute atomic E-state index is 0.428. The Morgan fingerprint density at radius 1 is 1.00 bits per heavy atom. The lowest BCUT2D eigenvalue weighted by molar-refractivity contribution is -0.0331. The average molecular weight is 399 g/mol. The Balaban J connectivity index is 1.10. The molecule has 0 aromatic heterocycles. The summed E-state index contributed by atoms with van der Waals surface area (Å²) < 4.78 is 12.1. The second kappa shape index (κ2) is 7.49. The number of nitrogens with zero attached hydrogens (tertiary/aromatic N) is 3. The number of aliphatic imine (C=N–C) groups is 2. The van der Waals surface area contributed by atoms with E-state index in [0.29, 0.717) is 12.2 Å². The van der Waals surface area contributed by atoms with Crippen molar-refractivity contribution in [3.63, 3.8) is 0 Å². The van der Waals surface area contributed by atoms with Gasteiger partial charge in [0.15, 0.2) is 0 Å². The first-order valence-electron chi connectivity index (χ1n) is 10.8. The van der Waals surface area contributed by atoms with Crippen LogP contribution >= 0.6 is 0 Å². The van der Waals surface area contributed by atoms with Crippen molar-refractivity contribution in [1.29, 1.82) is 0 Å². The maximum Gasteiger partial charge on any atom is 0.127 e. The van der Waals surface area contributed by atoms with Crippen LogP contribution in [0.5, 0.6) is 11.5 Å². The van der Waals surface area contributed by atoms with Crippen LogP contribution in [0.15, 0.2) is 58.5 Å². The molecule has 4 aliphatic heterocycles. The number of benzene rings is 2. The molecule has 0 saturated carbocycles. The van der Waals surface area contributed by atoms with Gasteiger partial charge in [-0.15, -0.1) is 0 Å². The van der Waals surface area contributed by atoms with Crippen molar-refractivity contribution in [3.8, 4) is 11.5 Å². The predicted molar refractivity (Wildman–Crippen MR) is 119 cm³/mol. The van der Waals surface area contributed by atoms with E-state index >= 15 is 0 Å². The van der Waals surface area contributed by atoms with E-state index in [1.807, 2.05) is 24.4 Å². The third-order valence-electron chi connectivity index (χ3n) is 6.35. The highest BCUT2D eigenvalue weighted by molar-refractivity contribution is 5.95. The van der Waals surface area contributed by atoms with Gasteiger partial charge in [0.2, 0.25) is 0 Å². The number of hydrogen-bond donors (Lipinski definition) is 0. The van der Waals surface area contributed by atoms with E-state index in [0.717, 1.165) is 49.8 Å². The van der Waals surface area contributed by atoms with Crippen LogP contribution in [-0.4, -0.2) is 55.2 Å². The fourth-order valence-electron chi connectivity index (χ4n) is 4.89. The molecule has 0 amide bonds. The molecule has 2 aromatic rings. The summed E-state index contributed by atoms with van der Waals surface area (Å²) in [7, 11) is 0. The maximum absolute atomic E-state index is 6.11. The van der Waals surface area contributed by atoms with Crippen LogP contribution in [-0.2, 0) is 11.2 Å². The second-order valence-electron chi connectivity index (χ2n) is 8.60. The zero-order valence-electron chi connectivity index (χ0n) is 17.0. The number of allylic oxidation sites excluding steroid dienone is 1. The lowest BCUT2D eigenvalue weighted by Gasteiger charge is -2.31. The average Bonchev–Trinajstić information content (AvgIpc) is 3.48. The third kappa shape index (κ3) is 3.59. The first-order chi connectivity index (χ1) is 14.8. The Hall–Kier alpha value is -2.76. The summed E-state index contributed by atoms with van der Waals surface area (Å²) in [5.41, 5.74) is 6.03. The van der Waals surface area contributed by atoms with Gasteiger partial charge in [-0.3, -0.25) is 14.9 Å². The van der Waals surface area contributed by atoms with Gasteiger partial charge in [-0.1, -0.05) is 12.1 Å². The van der Waals surface area contributed by atoms with Gasteiger partial charge in [0.05, 0.1) is 24.4 Å². The third-order valence-corrected chi connectivity index (χ3v) is 6.35. The van der Waals surface area contributed by atoms with Crippen molar-refractivity contribution in [1.82, 2.24) is 4.90 Å². The van der Waals surface area contributed by atoms with Gasteiger partial charge in [0.1, 0.15) is 11.5 Å². The molecule has 2 atom stereocenters. The van der Waals surface area contributed by atoms with Gasteiger partial charge in [0.25, 0.3) is 0 Å². The number of hydrogen-bond acceptors (Lipinski definition) is 5. The van der Waals surface area contributed by atoms with Gasteiger partial charge in [-0.2, -0.15) is 0 Å². The molecule has 5 heteroatoms. The van der Waals surface area contributed by atoms with E-state index in [-0.39, 0.29) is 0 Å². The van der Waals surface area contributed by atoms with Crippen LogP contribution in [0.1, 0.15) is 24.0 Å². The highest BCUT2D eigenvalue weighted by Crippen LogP contribution is 2.33. The quantitative estimate of drug-likeness (QED) is 0.747. The summed E-state index contributed by atoms with van der Waals surface area (Å²) in [6.45, 7) is 3.79. The van der Waals surface area contributed by atoms with Gasteiger partial charge >= 0.3 is 0 Å². The molecule has 0 radical (unpaired) electrons. The van der Waals surface area contributed by atoms with Crippen LogP contribution < -0.4 is 4.74 Å². The maximum atomic E-state index is 6.11. The normalized spacial score (nSPS) is 24.7. The summed E-state index contributed by atoms with van der Waals surface area (Å²) in [4.78, 5) is 11.6. The SMILES string of the molecule is C1=NCC(c2ccc(Oc3ccc4c(c3)CC(CN3C[C@@H]5CC[C@@H](C3)O5)=N4)cc2)=C1. The predicted octanol–water partition coefficient (Wildman–Crippen LogP) is 4.44. The highest BCUT2D eigenvalue weighted by Gasteiger charge is 2.34. The van der Waals surface area contributed by atoms with Gasteiger partial charge in [0, 0.05) is 38.0 Å². The van der Waals surface area contributed by atoms with E-state index in [1.54, 1.807) is 0 Å². The van der Waals surface area contributed by atoms with Gasteiger partial charge in [-0.25, -0.2) is 0 Å². The molecule has 4 heterocycles. The summed E-state index contributed by atoms with van der Waals surface area (Å²) in [6, 6.07) is 14.5. The minimum Gasteiger partial charge on any atom is -0.457 e. The van der Waals surface area contributed by atoms with Gasteiger partial charge < -0.3 is 9.47 Å². The fraction of sp³-hybridized carbons (Fsp3) is 0.360. The molecule has 2 bridgehead atoms. The number of likely N-dealkylation sites (tertiary alicyclic amines) is 1. The Kier molecular flexibility index (Phi) is 4.51. The molecule has 0 aliphatic carbocycles. The molecule has 6 rings (SSSR count). The lowest BCUT2D eigenvalue weighted by Crippen LogP contribution is -2.44. The zero-order chi connectivity index (χ0) is 19.9. The fourth-order valence-corrected chi connectivity index (χ4v) is 4.89. The van der Waals surface area contributed by atoms with Crippen molar-refractivity contribution in [2.24, 2.45) is 9.98 Å². The summed E-state index contributed by atoms with van der Waals surface area (Å²) in [6.07, 6.45) is 8.11. The largest absolute Gasteiger partial charge is 0.457 e. The molecule has 4 aliphatic rings. The number of morpholine rings is 1. The van der Waals surface area contributed by atoms with E-state index in [2.05, 4.69) is 40.2 Å². The second-order valence-corrected chi connectivity index (χ2v) is 8.60. The van der Waals surface area contributed by atoms with Crippen molar-refractivity contribution in [3.05, 3.63) is 59.7 Å². The van der Waals surface area contributed by atoms with Crippen molar-refractivity contribution in [2.75, 3.05) is 26.2 Å². The number of fused-ring (bicyclic) bond motifs is 3. The van der Waals surface area contributed by atoms with Crippen molar-refractivity contribution < 1.29 is 9.47 Å². The Bertz CT molecular complexity index is 1040. The molecular weight excluding hydrogens is 374 g/mol. The van der Waals surface area contributed by atoms with Crippen LogP contribution in [0.2, 0.25) is 0 Å². The molecule has 2 fully saturated rings. The van der Waals surface area contributed by atoms with Crippen LogP contribution in [0.4, 0.5) is 5.69 Å². The van der Waals surface area contributed by atoms with E-state index < -0.39 is 0 Å². The monoisotopic (exact) mass is 399 g/mol. The molecular formula is C25H25N3O2.